The van der Waals surface area contributed by atoms with Gasteiger partial charge < -0.3 is 15.0 Å². The Kier molecular flexibility index (Phi) is 7.23. The summed E-state index contributed by atoms with van der Waals surface area (Å²) >= 11 is 7.91. The molecule has 1 heterocycles. The van der Waals surface area contributed by atoms with Crippen LogP contribution in [0.5, 0.6) is 0 Å². The Morgan fingerprint density at radius 1 is 1.15 bits per heavy atom. The number of carbonyl (C=O) groups is 1. The molecule has 26 heavy (non-hydrogen) atoms. The van der Waals surface area contributed by atoms with Crippen molar-refractivity contribution in [3.63, 3.8) is 0 Å². The summed E-state index contributed by atoms with van der Waals surface area (Å²) in [6.45, 7) is 3.04. The average Bonchev–Trinajstić information content (AvgIpc) is 2.67. The van der Waals surface area contributed by atoms with Gasteiger partial charge in [0.2, 0.25) is 5.91 Å². The quantitative estimate of drug-likeness (QED) is 0.550. The second kappa shape index (κ2) is 9.86. The Morgan fingerprint density at radius 2 is 1.92 bits per heavy atom. The Bertz CT molecular complexity index is 721. The Balaban J connectivity index is 1.52. The molecule has 1 aliphatic heterocycles. The fourth-order valence-corrected chi connectivity index (χ4v) is 3.89. The number of thioether (sulfide) groups is 1. The molecule has 1 aliphatic rings. The number of hydrogen-bond acceptors (Lipinski definition) is 4. The van der Waals surface area contributed by atoms with Crippen LogP contribution in [0.15, 0.2) is 53.4 Å². The lowest BCUT2D eigenvalue weighted by Crippen LogP contribution is -2.36. The van der Waals surface area contributed by atoms with Crippen molar-refractivity contribution in [3.05, 3.63) is 53.6 Å². The monoisotopic (exact) mass is 390 g/mol. The van der Waals surface area contributed by atoms with Crippen molar-refractivity contribution in [2.24, 2.45) is 0 Å². The Labute approximate surface area is 163 Å². The third kappa shape index (κ3) is 5.66. The summed E-state index contributed by atoms with van der Waals surface area (Å²) in [4.78, 5) is 15.8. The van der Waals surface area contributed by atoms with Crippen LogP contribution >= 0.6 is 23.4 Å². The molecule has 0 atom stereocenters. The maximum absolute atomic E-state index is 12.4. The van der Waals surface area contributed by atoms with Gasteiger partial charge >= 0.3 is 0 Å². The normalized spacial score (nSPS) is 14.3. The fraction of sp³-hybridized carbons (Fsp3) is 0.350. The van der Waals surface area contributed by atoms with Crippen molar-refractivity contribution >= 4 is 40.6 Å². The lowest BCUT2D eigenvalue weighted by molar-refractivity contribution is -0.116. The van der Waals surface area contributed by atoms with Gasteiger partial charge in [-0.1, -0.05) is 29.8 Å². The van der Waals surface area contributed by atoms with Gasteiger partial charge in [0, 0.05) is 29.4 Å². The molecule has 1 amide bonds. The van der Waals surface area contributed by atoms with Crippen molar-refractivity contribution in [1.82, 2.24) is 0 Å². The highest BCUT2D eigenvalue weighted by atomic mass is 35.5. The zero-order valence-electron chi connectivity index (χ0n) is 14.6. The van der Waals surface area contributed by atoms with Crippen molar-refractivity contribution < 1.29 is 9.53 Å². The van der Waals surface area contributed by atoms with E-state index in [1.54, 1.807) is 11.8 Å². The van der Waals surface area contributed by atoms with Gasteiger partial charge in [-0.25, -0.2) is 0 Å². The molecule has 0 radical (unpaired) electrons. The smallest absolute Gasteiger partial charge is 0.224 e. The second-order valence-corrected chi connectivity index (χ2v) is 7.68. The molecule has 0 aliphatic carbocycles. The summed E-state index contributed by atoms with van der Waals surface area (Å²) in [5.74, 6) is 0.943. The van der Waals surface area contributed by atoms with Crippen molar-refractivity contribution in [2.75, 3.05) is 42.3 Å². The van der Waals surface area contributed by atoms with E-state index in [-0.39, 0.29) is 5.91 Å². The highest BCUT2D eigenvalue weighted by Crippen LogP contribution is 2.30. The summed E-state index contributed by atoms with van der Waals surface area (Å²) in [6.07, 6.45) is 1.33. The lowest BCUT2D eigenvalue weighted by Gasteiger charge is -2.30. The van der Waals surface area contributed by atoms with Gasteiger partial charge in [-0.05, 0) is 42.5 Å². The zero-order chi connectivity index (χ0) is 18.2. The maximum Gasteiger partial charge on any atom is 0.224 e. The van der Waals surface area contributed by atoms with Crippen molar-refractivity contribution in [3.8, 4) is 0 Å². The summed E-state index contributed by atoms with van der Waals surface area (Å²) in [6, 6.07) is 15.9. The van der Waals surface area contributed by atoms with Crippen LogP contribution < -0.4 is 10.2 Å². The fourth-order valence-electron chi connectivity index (χ4n) is 2.84. The molecule has 0 spiro atoms. The van der Waals surface area contributed by atoms with Crippen LogP contribution in [0.4, 0.5) is 11.4 Å². The first-order valence-electron chi connectivity index (χ1n) is 8.82. The van der Waals surface area contributed by atoms with Gasteiger partial charge in [-0.3, -0.25) is 4.79 Å². The van der Waals surface area contributed by atoms with E-state index in [1.807, 2.05) is 36.4 Å². The largest absolute Gasteiger partial charge is 0.378 e. The highest BCUT2D eigenvalue weighted by molar-refractivity contribution is 7.99. The van der Waals surface area contributed by atoms with E-state index in [4.69, 9.17) is 16.3 Å². The third-order valence-corrected chi connectivity index (χ3v) is 5.48. The number of nitrogens with one attached hydrogen (secondary N) is 1. The van der Waals surface area contributed by atoms with Gasteiger partial charge in [-0.15, -0.1) is 11.8 Å². The maximum atomic E-state index is 12.4. The summed E-state index contributed by atoms with van der Waals surface area (Å²) in [5, 5.41) is 3.65. The molecule has 138 valence electrons. The van der Waals surface area contributed by atoms with Crippen LogP contribution in [0.3, 0.4) is 0 Å². The van der Waals surface area contributed by atoms with Crippen LogP contribution in [0.25, 0.3) is 0 Å². The highest BCUT2D eigenvalue weighted by Gasteiger charge is 2.16. The molecule has 0 bridgehead atoms. The predicted molar refractivity (Wildman–Crippen MR) is 110 cm³/mol. The number of halogens is 1. The molecule has 0 unspecified atom stereocenters. The van der Waals surface area contributed by atoms with Gasteiger partial charge in [-0.2, -0.15) is 0 Å². The molecule has 4 nitrogen and oxygen atoms in total. The Hall–Kier alpha value is -1.69. The summed E-state index contributed by atoms with van der Waals surface area (Å²) < 4.78 is 5.41. The SMILES string of the molecule is O=C(CCCSc1ccccc1)Nc1cc(Cl)ccc1N1CCOCC1. The topological polar surface area (TPSA) is 41.6 Å². The van der Waals surface area contributed by atoms with E-state index >= 15 is 0 Å². The molecule has 2 aromatic carbocycles. The number of rotatable bonds is 7. The van der Waals surface area contributed by atoms with Crippen molar-refractivity contribution in [1.29, 1.82) is 0 Å². The molecular formula is C20H23ClN2O2S. The lowest BCUT2D eigenvalue weighted by atomic mass is 10.2. The minimum Gasteiger partial charge on any atom is -0.378 e. The molecule has 6 heteroatoms. The molecule has 1 N–H and O–H groups in total. The van der Waals surface area contributed by atoms with E-state index < -0.39 is 0 Å². The number of amides is 1. The first kappa shape index (κ1) is 19.1. The second-order valence-electron chi connectivity index (χ2n) is 6.07. The van der Waals surface area contributed by atoms with Crippen LogP contribution in [-0.4, -0.2) is 38.0 Å². The number of morpholine rings is 1. The summed E-state index contributed by atoms with van der Waals surface area (Å²) in [7, 11) is 0. The van der Waals surface area contributed by atoms with Gasteiger partial charge in [0.15, 0.2) is 0 Å². The first-order chi connectivity index (χ1) is 12.7. The van der Waals surface area contributed by atoms with E-state index in [9.17, 15) is 4.79 Å². The van der Waals surface area contributed by atoms with Crippen molar-refractivity contribution in [2.45, 2.75) is 17.7 Å². The number of benzene rings is 2. The molecule has 1 saturated heterocycles. The number of carbonyl (C=O) groups excluding carboxylic acids is 1. The Morgan fingerprint density at radius 3 is 2.69 bits per heavy atom. The number of nitrogens with zero attached hydrogens (tertiary/aromatic N) is 1. The summed E-state index contributed by atoms with van der Waals surface area (Å²) in [5.41, 5.74) is 1.78. The van der Waals surface area contributed by atoms with Crippen LogP contribution in [-0.2, 0) is 9.53 Å². The van der Waals surface area contributed by atoms with Crippen LogP contribution in [0.1, 0.15) is 12.8 Å². The molecule has 0 aromatic heterocycles. The number of anilines is 2. The minimum atomic E-state index is 0.0236. The van der Waals surface area contributed by atoms with E-state index in [0.717, 1.165) is 36.6 Å². The van der Waals surface area contributed by atoms with E-state index in [2.05, 4.69) is 22.3 Å². The molecule has 3 rings (SSSR count). The molecule has 1 fully saturated rings. The molecular weight excluding hydrogens is 368 g/mol. The van der Waals surface area contributed by atoms with Gasteiger partial charge in [0.25, 0.3) is 0 Å². The number of ether oxygens (including phenoxy) is 1. The predicted octanol–water partition coefficient (Wildman–Crippen LogP) is 4.69. The zero-order valence-corrected chi connectivity index (χ0v) is 16.2. The van der Waals surface area contributed by atoms with E-state index in [1.165, 1.54) is 4.90 Å². The van der Waals surface area contributed by atoms with E-state index in [0.29, 0.717) is 24.7 Å². The molecule has 0 saturated carbocycles. The van der Waals surface area contributed by atoms with Crippen LogP contribution in [0.2, 0.25) is 5.02 Å². The minimum absolute atomic E-state index is 0.0236. The average molecular weight is 391 g/mol. The number of hydrogen-bond donors (Lipinski definition) is 1. The van der Waals surface area contributed by atoms with Crippen LogP contribution in [0, 0.1) is 0 Å². The standard InChI is InChI=1S/C20H23ClN2O2S/c21-16-8-9-19(23-10-12-25-13-11-23)18(15-16)22-20(24)7-4-14-26-17-5-2-1-3-6-17/h1-3,5-6,8-9,15H,4,7,10-14H2,(H,22,24). The molecule has 2 aromatic rings. The van der Waals surface area contributed by atoms with Gasteiger partial charge in [0.05, 0.1) is 24.6 Å². The first-order valence-corrected chi connectivity index (χ1v) is 10.2. The van der Waals surface area contributed by atoms with Gasteiger partial charge in [0.1, 0.15) is 0 Å². The third-order valence-electron chi connectivity index (χ3n) is 4.14.